The number of carbonyl (C=O) groups excluding carboxylic acids is 2. The van der Waals surface area contributed by atoms with Gasteiger partial charge in [0, 0.05) is 15.8 Å². The molecule has 1 aliphatic rings. The molecule has 0 radical (unpaired) electrons. The molecule has 0 unspecified atom stereocenters. The summed E-state index contributed by atoms with van der Waals surface area (Å²) in [5.41, 5.74) is 4.44. The predicted octanol–water partition coefficient (Wildman–Crippen LogP) is 5.49. The van der Waals surface area contributed by atoms with Crippen LogP contribution in [0.4, 0.5) is 5.00 Å². The maximum Gasteiger partial charge on any atom is 0.341 e. The minimum absolute atomic E-state index is 0.263. The molecule has 4 aromatic rings. The van der Waals surface area contributed by atoms with Gasteiger partial charge in [-0.3, -0.25) is 4.79 Å². The Kier molecular flexibility index (Phi) is 5.00. The number of aryl methyl sites for hydroxylation is 1. The van der Waals surface area contributed by atoms with Crippen LogP contribution in [0.1, 0.15) is 37.6 Å². The van der Waals surface area contributed by atoms with E-state index in [2.05, 4.69) is 5.32 Å². The van der Waals surface area contributed by atoms with E-state index in [1.807, 2.05) is 60.7 Å². The Balaban J connectivity index is 1.59. The number of pyridine rings is 1. The predicted molar refractivity (Wildman–Crippen MR) is 123 cm³/mol. The molecule has 2 heterocycles. The van der Waals surface area contributed by atoms with Crippen molar-refractivity contribution in [2.45, 2.75) is 19.3 Å². The topological polar surface area (TPSA) is 68.3 Å². The monoisotopic (exact) mass is 428 g/mol. The molecule has 5 nitrogen and oxygen atoms in total. The fraction of sp³-hybridized carbons (Fsp3) is 0.160. The van der Waals surface area contributed by atoms with Gasteiger partial charge in [0.1, 0.15) is 5.00 Å². The van der Waals surface area contributed by atoms with Crippen LogP contribution in [0.2, 0.25) is 0 Å². The van der Waals surface area contributed by atoms with Crippen molar-refractivity contribution < 1.29 is 14.3 Å². The molecular formula is C25H20N2O3S. The number of carbonyl (C=O) groups is 2. The quantitative estimate of drug-likeness (QED) is 0.436. The number of hydrogen-bond donors (Lipinski definition) is 1. The Bertz CT molecular complexity index is 1310. The summed E-state index contributed by atoms with van der Waals surface area (Å²) in [5.74, 6) is -0.667. The van der Waals surface area contributed by atoms with Gasteiger partial charge in [0.15, 0.2) is 0 Å². The third-order valence-corrected chi connectivity index (χ3v) is 6.78. The minimum Gasteiger partial charge on any atom is -0.465 e. The van der Waals surface area contributed by atoms with Crippen LogP contribution in [0.15, 0.2) is 60.7 Å². The number of aromatic nitrogens is 1. The summed E-state index contributed by atoms with van der Waals surface area (Å²) in [6, 6.07) is 19.2. The molecule has 1 aliphatic carbocycles. The third-order valence-electron chi connectivity index (χ3n) is 5.57. The average Bonchev–Trinajstić information content (AvgIpc) is 3.39. The summed E-state index contributed by atoms with van der Waals surface area (Å²) in [7, 11) is 1.37. The van der Waals surface area contributed by atoms with Crippen molar-refractivity contribution in [3.63, 3.8) is 0 Å². The Morgan fingerprint density at radius 1 is 1.03 bits per heavy atom. The minimum atomic E-state index is -0.403. The van der Waals surface area contributed by atoms with Crippen molar-refractivity contribution in [1.29, 1.82) is 0 Å². The molecule has 0 saturated carbocycles. The number of ether oxygens (including phenoxy) is 1. The maximum atomic E-state index is 13.4. The summed E-state index contributed by atoms with van der Waals surface area (Å²) in [6.07, 6.45) is 2.79. The van der Waals surface area contributed by atoms with Crippen LogP contribution in [-0.4, -0.2) is 24.0 Å². The number of amides is 1. The molecule has 0 saturated heterocycles. The van der Waals surface area contributed by atoms with Crippen LogP contribution in [0.5, 0.6) is 0 Å². The van der Waals surface area contributed by atoms with Crippen molar-refractivity contribution in [2.24, 2.45) is 0 Å². The Labute approximate surface area is 183 Å². The zero-order valence-corrected chi connectivity index (χ0v) is 17.8. The first kappa shape index (κ1) is 19.5. The van der Waals surface area contributed by atoms with E-state index in [-0.39, 0.29) is 5.91 Å². The molecule has 0 bridgehead atoms. The molecule has 0 fully saturated rings. The molecular weight excluding hydrogens is 408 g/mol. The summed E-state index contributed by atoms with van der Waals surface area (Å²) < 4.78 is 5.00. The van der Waals surface area contributed by atoms with Crippen molar-refractivity contribution in [3.05, 3.63) is 82.2 Å². The van der Waals surface area contributed by atoms with Crippen LogP contribution in [-0.2, 0) is 17.6 Å². The largest absolute Gasteiger partial charge is 0.465 e. The van der Waals surface area contributed by atoms with E-state index in [1.54, 1.807) is 0 Å². The molecule has 1 amide bonds. The number of hydrogen-bond acceptors (Lipinski definition) is 5. The number of benzene rings is 2. The van der Waals surface area contributed by atoms with Crippen molar-refractivity contribution in [1.82, 2.24) is 4.98 Å². The van der Waals surface area contributed by atoms with E-state index < -0.39 is 5.97 Å². The van der Waals surface area contributed by atoms with Crippen LogP contribution < -0.4 is 5.32 Å². The SMILES string of the molecule is COC(=O)c1c(NC(=O)c2cc(-c3ccccc3)nc3ccccc23)sc2c1CCC2. The van der Waals surface area contributed by atoms with Gasteiger partial charge in [0.25, 0.3) is 5.91 Å². The van der Waals surface area contributed by atoms with Gasteiger partial charge in [-0.05, 0) is 37.0 Å². The molecule has 6 heteroatoms. The second kappa shape index (κ2) is 7.96. The highest BCUT2D eigenvalue weighted by atomic mass is 32.1. The van der Waals surface area contributed by atoms with Crippen LogP contribution >= 0.6 is 11.3 Å². The van der Waals surface area contributed by atoms with Crippen molar-refractivity contribution >= 4 is 39.1 Å². The molecule has 154 valence electrons. The van der Waals surface area contributed by atoms with Gasteiger partial charge in [0.05, 0.1) is 29.4 Å². The summed E-state index contributed by atoms with van der Waals surface area (Å²) in [5, 5.41) is 4.32. The molecule has 2 aromatic heterocycles. The van der Waals surface area contributed by atoms with E-state index in [0.717, 1.165) is 51.9 Å². The smallest absolute Gasteiger partial charge is 0.341 e. The van der Waals surface area contributed by atoms with Crippen molar-refractivity contribution in [2.75, 3.05) is 12.4 Å². The molecule has 31 heavy (non-hydrogen) atoms. The Morgan fingerprint density at radius 3 is 2.61 bits per heavy atom. The highest BCUT2D eigenvalue weighted by Crippen LogP contribution is 2.40. The molecule has 0 atom stereocenters. The highest BCUT2D eigenvalue weighted by Gasteiger charge is 2.28. The average molecular weight is 429 g/mol. The Morgan fingerprint density at radius 2 is 1.81 bits per heavy atom. The first-order chi connectivity index (χ1) is 15.2. The fourth-order valence-corrected chi connectivity index (χ4v) is 5.37. The second-order valence-electron chi connectivity index (χ2n) is 7.45. The van der Waals surface area contributed by atoms with Gasteiger partial charge in [-0.25, -0.2) is 9.78 Å². The lowest BCUT2D eigenvalue weighted by Gasteiger charge is -2.11. The van der Waals surface area contributed by atoms with Crippen molar-refractivity contribution in [3.8, 4) is 11.3 Å². The second-order valence-corrected chi connectivity index (χ2v) is 8.55. The van der Waals surface area contributed by atoms with E-state index in [4.69, 9.17) is 9.72 Å². The lowest BCUT2D eigenvalue weighted by molar-refractivity contribution is 0.0601. The molecule has 1 N–H and O–H groups in total. The van der Waals surface area contributed by atoms with E-state index in [1.165, 1.54) is 18.4 Å². The number of anilines is 1. The van der Waals surface area contributed by atoms with E-state index in [9.17, 15) is 9.59 Å². The molecule has 5 rings (SSSR count). The number of rotatable bonds is 4. The standard InChI is InChI=1S/C25H20N2O3S/c1-30-25(29)22-17-11-7-13-21(17)31-24(22)27-23(28)18-14-20(15-8-3-2-4-9-15)26-19-12-6-5-10-16(18)19/h2-6,8-10,12,14H,7,11,13H2,1H3,(H,27,28). The number of nitrogens with one attached hydrogen (secondary N) is 1. The molecule has 0 aliphatic heterocycles. The third kappa shape index (κ3) is 3.49. The van der Waals surface area contributed by atoms with Crippen LogP contribution in [0.3, 0.4) is 0 Å². The Hall–Kier alpha value is -3.51. The molecule has 0 spiro atoms. The van der Waals surface area contributed by atoms with Gasteiger partial charge in [-0.2, -0.15) is 0 Å². The normalized spacial score (nSPS) is 12.5. The van der Waals surface area contributed by atoms with Crippen LogP contribution in [0, 0.1) is 0 Å². The number of esters is 1. The summed E-state index contributed by atoms with van der Waals surface area (Å²) >= 11 is 1.47. The maximum absolute atomic E-state index is 13.4. The van der Waals surface area contributed by atoms with Crippen LogP contribution in [0.25, 0.3) is 22.2 Å². The zero-order chi connectivity index (χ0) is 21.4. The van der Waals surface area contributed by atoms with Gasteiger partial charge < -0.3 is 10.1 Å². The lowest BCUT2D eigenvalue weighted by Crippen LogP contribution is -2.15. The fourth-order valence-electron chi connectivity index (χ4n) is 4.10. The van der Waals surface area contributed by atoms with Gasteiger partial charge in [-0.1, -0.05) is 48.5 Å². The summed E-state index contributed by atoms with van der Waals surface area (Å²) in [4.78, 5) is 31.8. The van der Waals surface area contributed by atoms with Gasteiger partial charge in [0.2, 0.25) is 0 Å². The number of nitrogens with zero attached hydrogens (tertiary/aromatic N) is 1. The van der Waals surface area contributed by atoms with Gasteiger partial charge >= 0.3 is 5.97 Å². The lowest BCUT2D eigenvalue weighted by atomic mass is 10.0. The first-order valence-corrected chi connectivity index (χ1v) is 11.0. The first-order valence-electron chi connectivity index (χ1n) is 10.1. The number of fused-ring (bicyclic) bond motifs is 2. The summed E-state index contributed by atoms with van der Waals surface area (Å²) in [6.45, 7) is 0. The molecule has 2 aromatic carbocycles. The number of methoxy groups -OCH3 is 1. The highest BCUT2D eigenvalue weighted by molar-refractivity contribution is 7.17. The van der Waals surface area contributed by atoms with E-state index in [0.29, 0.717) is 16.1 Å². The number of thiophene rings is 1. The van der Waals surface area contributed by atoms with Gasteiger partial charge in [-0.15, -0.1) is 11.3 Å². The zero-order valence-electron chi connectivity index (χ0n) is 17.0. The number of para-hydroxylation sites is 1. The van der Waals surface area contributed by atoms with E-state index >= 15 is 0 Å².